The number of fused-ring (bicyclic) bond motifs is 1. The number of benzene rings is 1. The van der Waals surface area contributed by atoms with Crippen LogP contribution in [0.2, 0.25) is 4.34 Å². The molecule has 0 fully saturated rings. The van der Waals surface area contributed by atoms with Gasteiger partial charge in [-0.25, -0.2) is 0 Å². The topological polar surface area (TPSA) is 21.3 Å². The average molecular weight is 308 g/mol. The highest BCUT2D eigenvalue weighted by molar-refractivity contribution is 7.16. The summed E-state index contributed by atoms with van der Waals surface area (Å²) in [7, 11) is 1.70. The van der Waals surface area contributed by atoms with Crippen molar-refractivity contribution < 1.29 is 4.74 Å². The minimum Gasteiger partial charge on any atom is -0.497 e. The summed E-state index contributed by atoms with van der Waals surface area (Å²) in [5.41, 5.74) is 2.65. The maximum atomic E-state index is 6.15. The largest absolute Gasteiger partial charge is 0.497 e. The summed E-state index contributed by atoms with van der Waals surface area (Å²) in [6.07, 6.45) is 3.59. The molecule has 0 saturated heterocycles. The van der Waals surface area contributed by atoms with E-state index in [1.54, 1.807) is 18.4 Å². The monoisotopic (exact) mass is 307 g/mol. The lowest BCUT2D eigenvalue weighted by molar-refractivity contribution is 0.413. The Balaban J connectivity index is 1.69. The van der Waals surface area contributed by atoms with Crippen molar-refractivity contribution in [2.75, 3.05) is 7.11 Å². The van der Waals surface area contributed by atoms with Gasteiger partial charge in [-0.15, -0.1) is 11.3 Å². The zero-order chi connectivity index (χ0) is 13.9. The molecule has 4 heteroatoms. The molecular formula is C16H18ClNOS. The first kappa shape index (κ1) is 13.9. The second-order valence-electron chi connectivity index (χ2n) is 5.11. The molecule has 20 heavy (non-hydrogen) atoms. The van der Waals surface area contributed by atoms with Gasteiger partial charge in [0.2, 0.25) is 0 Å². The zero-order valence-corrected chi connectivity index (χ0v) is 13.1. The van der Waals surface area contributed by atoms with Gasteiger partial charge in [0.25, 0.3) is 0 Å². The molecule has 106 valence electrons. The maximum absolute atomic E-state index is 6.15. The van der Waals surface area contributed by atoms with Crippen LogP contribution in [0.25, 0.3) is 0 Å². The fourth-order valence-corrected chi connectivity index (χ4v) is 4.14. The Labute approximate surface area is 128 Å². The van der Waals surface area contributed by atoms with E-state index in [1.807, 2.05) is 12.1 Å². The Morgan fingerprint density at radius 3 is 3.15 bits per heavy atom. The van der Waals surface area contributed by atoms with Crippen LogP contribution in [-0.4, -0.2) is 7.11 Å². The van der Waals surface area contributed by atoms with E-state index in [4.69, 9.17) is 16.3 Å². The molecule has 1 aromatic carbocycles. The van der Waals surface area contributed by atoms with E-state index in [1.165, 1.54) is 35.3 Å². The van der Waals surface area contributed by atoms with Crippen LogP contribution in [0.1, 0.15) is 34.9 Å². The lowest BCUT2D eigenvalue weighted by atomic mass is 9.94. The molecule has 0 amide bonds. The number of halogens is 1. The van der Waals surface area contributed by atoms with Crippen molar-refractivity contribution in [3.05, 3.63) is 50.7 Å². The Kier molecular flexibility index (Phi) is 4.29. The van der Waals surface area contributed by atoms with Crippen molar-refractivity contribution in [2.45, 2.75) is 31.8 Å². The molecule has 1 aromatic heterocycles. The fraction of sp³-hybridized carbons (Fsp3) is 0.375. The van der Waals surface area contributed by atoms with E-state index in [0.717, 1.165) is 16.6 Å². The first-order valence-electron chi connectivity index (χ1n) is 6.90. The minimum atomic E-state index is 0.425. The van der Waals surface area contributed by atoms with E-state index in [9.17, 15) is 0 Å². The Morgan fingerprint density at radius 1 is 1.40 bits per heavy atom. The van der Waals surface area contributed by atoms with Crippen molar-refractivity contribution in [3.63, 3.8) is 0 Å². The van der Waals surface area contributed by atoms with Crippen LogP contribution >= 0.6 is 22.9 Å². The molecule has 3 rings (SSSR count). The molecule has 1 aliphatic carbocycles. The third kappa shape index (κ3) is 3.00. The number of ether oxygens (including phenoxy) is 1. The lowest BCUT2D eigenvalue weighted by Gasteiger charge is -2.23. The molecule has 2 aromatic rings. The molecule has 0 bridgehead atoms. The highest BCUT2D eigenvalue weighted by Gasteiger charge is 2.22. The number of nitrogens with one attached hydrogen (secondary N) is 1. The predicted octanol–water partition coefficient (Wildman–Crippen LogP) is 4.58. The average Bonchev–Trinajstić information content (AvgIpc) is 2.86. The molecule has 0 aliphatic heterocycles. The van der Waals surface area contributed by atoms with Crippen LogP contribution < -0.4 is 10.1 Å². The van der Waals surface area contributed by atoms with Gasteiger partial charge in [0.1, 0.15) is 5.75 Å². The number of aryl methyl sites for hydroxylation is 1. The first-order chi connectivity index (χ1) is 9.76. The van der Waals surface area contributed by atoms with Gasteiger partial charge in [0, 0.05) is 17.5 Å². The minimum absolute atomic E-state index is 0.425. The van der Waals surface area contributed by atoms with Crippen molar-refractivity contribution in [2.24, 2.45) is 0 Å². The Morgan fingerprint density at radius 2 is 2.30 bits per heavy atom. The van der Waals surface area contributed by atoms with E-state index in [2.05, 4.69) is 23.5 Å². The van der Waals surface area contributed by atoms with Crippen molar-refractivity contribution in [3.8, 4) is 5.75 Å². The second-order valence-corrected chi connectivity index (χ2v) is 6.87. The van der Waals surface area contributed by atoms with Crippen molar-refractivity contribution in [1.82, 2.24) is 5.32 Å². The number of thiophene rings is 1. The van der Waals surface area contributed by atoms with Gasteiger partial charge in [-0.05, 0) is 48.6 Å². The van der Waals surface area contributed by atoms with Gasteiger partial charge in [-0.1, -0.05) is 23.7 Å². The van der Waals surface area contributed by atoms with Crippen molar-refractivity contribution in [1.29, 1.82) is 0 Å². The van der Waals surface area contributed by atoms with E-state index >= 15 is 0 Å². The number of rotatable bonds is 4. The molecule has 0 spiro atoms. The molecule has 1 aliphatic rings. The van der Waals surface area contributed by atoms with Crippen LogP contribution in [0.3, 0.4) is 0 Å². The summed E-state index contributed by atoms with van der Waals surface area (Å²) in [4.78, 5) is 1.45. The van der Waals surface area contributed by atoms with Crippen molar-refractivity contribution >= 4 is 22.9 Å². The number of hydrogen-bond acceptors (Lipinski definition) is 3. The van der Waals surface area contributed by atoms with Crippen LogP contribution in [0.4, 0.5) is 0 Å². The SMILES string of the molecule is COc1cccc(CNC2CCCc3sc(Cl)cc32)c1. The normalized spacial score (nSPS) is 17.8. The van der Waals surface area contributed by atoms with Crippen LogP contribution in [0, 0.1) is 0 Å². The van der Waals surface area contributed by atoms with E-state index in [0.29, 0.717) is 6.04 Å². The fourth-order valence-electron chi connectivity index (χ4n) is 2.76. The molecule has 1 heterocycles. The summed E-state index contributed by atoms with van der Waals surface area (Å²) in [5, 5.41) is 3.65. The molecule has 0 radical (unpaired) electrons. The van der Waals surface area contributed by atoms with Gasteiger partial charge >= 0.3 is 0 Å². The molecule has 2 nitrogen and oxygen atoms in total. The predicted molar refractivity (Wildman–Crippen MR) is 84.8 cm³/mol. The van der Waals surface area contributed by atoms with Crippen LogP contribution in [-0.2, 0) is 13.0 Å². The van der Waals surface area contributed by atoms with Gasteiger partial charge in [0.05, 0.1) is 11.4 Å². The highest BCUT2D eigenvalue weighted by atomic mass is 35.5. The second kappa shape index (κ2) is 6.17. The summed E-state index contributed by atoms with van der Waals surface area (Å²) in [6.45, 7) is 0.856. The third-order valence-electron chi connectivity index (χ3n) is 3.77. The Hall–Kier alpha value is -1.03. The number of methoxy groups -OCH3 is 1. The van der Waals surface area contributed by atoms with Gasteiger partial charge in [-0.3, -0.25) is 0 Å². The third-order valence-corrected chi connectivity index (χ3v) is 5.11. The number of hydrogen-bond donors (Lipinski definition) is 1. The standard InChI is InChI=1S/C16H18ClNOS/c1-19-12-5-2-4-11(8-12)10-18-14-6-3-7-15-13(14)9-16(17)20-15/h2,4-5,8-9,14,18H,3,6-7,10H2,1H3. The van der Waals surface area contributed by atoms with Crippen LogP contribution in [0.15, 0.2) is 30.3 Å². The maximum Gasteiger partial charge on any atom is 0.119 e. The summed E-state index contributed by atoms with van der Waals surface area (Å²) in [5.74, 6) is 0.909. The van der Waals surface area contributed by atoms with Gasteiger partial charge < -0.3 is 10.1 Å². The molecular weight excluding hydrogens is 290 g/mol. The summed E-state index contributed by atoms with van der Waals surface area (Å²) >= 11 is 7.87. The molecule has 1 N–H and O–H groups in total. The van der Waals surface area contributed by atoms with Gasteiger partial charge in [-0.2, -0.15) is 0 Å². The Bertz CT molecular complexity index is 596. The van der Waals surface area contributed by atoms with E-state index in [-0.39, 0.29) is 0 Å². The van der Waals surface area contributed by atoms with Gasteiger partial charge in [0.15, 0.2) is 0 Å². The van der Waals surface area contributed by atoms with E-state index < -0.39 is 0 Å². The smallest absolute Gasteiger partial charge is 0.119 e. The highest BCUT2D eigenvalue weighted by Crippen LogP contribution is 2.37. The quantitative estimate of drug-likeness (QED) is 0.893. The molecule has 1 atom stereocenters. The van der Waals surface area contributed by atoms with Crippen LogP contribution in [0.5, 0.6) is 5.75 Å². The lowest BCUT2D eigenvalue weighted by Crippen LogP contribution is -2.23. The zero-order valence-electron chi connectivity index (χ0n) is 11.5. The summed E-state index contributed by atoms with van der Waals surface area (Å²) < 4.78 is 6.17. The first-order valence-corrected chi connectivity index (χ1v) is 8.10. The molecule has 1 unspecified atom stereocenters. The molecule has 0 saturated carbocycles. The summed E-state index contributed by atoms with van der Waals surface area (Å²) in [6, 6.07) is 10.8.